The highest BCUT2D eigenvalue weighted by Gasteiger charge is 2.41. The van der Waals surface area contributed by atoms with Crippen molar-refractivity contribution >= 4 is 38.9 Å². The van der Waals surface area contributed by atoms with Crippen LogP contribution in [0, 0.1) is 5.92 Å². The number of carbonyl (C=O) groups is 2. The van der Waals surface area contributed by atoms with Crippen molar-refractivity contribution in [3.05, 3.63) is 83.4 Å². The molecule has 12 nitrogen and oxygen atoms in total. The topological polar surface area (TPSA) is 159 Å². The fraction of sp³-hybridized carbons (Fsp3) is 0.412. The number of hydrogen-bond donors (Lipinski definition) is 2. The molecule has 4 aromatic rings. The van der Waals surface area contributed by atoms with Crippen molar-refractivity contribution in [1.29, 1.82) is 0 Å². The minimum absolute atomic E-state index is 0.00422. The number of piperazine rings is 1. The van der Waals surface area contributed by atoms with Crippen molar-refractivity contribution in [3.63, 3.8) is 0 Å². The number of amides is 1. The van der Waals surface area contributed by atoms with E-state index in [0.717, 1.165) is 11.1 Å². The Balaban J connectivity index is 1.25. The smallest absolute Gasteiger partial charge is 0.303 e. The Hall–Kier alpha value is -4.63. The molecule has 1 amide bonds. The molecule has 15 heteroatoms. The molecule has 1 aliphatic carbocycles. The Labute approximate surface area is 282 Å². The Bertz CT molecular complexity index is 1960. The van der Waals surface area contributed by atoms with Gasteiger partial charge in [0.25, 0.3) is 5.92 Å². The van der Waals surface area contributed by atoms with Gasteiger partial charge in [0, 0.05) is 44.6 Å². The highest BCUT2D eigenvalue weighted by molar-refractivity contribution is 7.89. The van der Waals surface area contributed by atoms with E-state index in [9.17, 15) is 31.9 Å². The number of aliphatic carboxylic acids is 1. The zero-order chi connectivity index (χ0) is 34.8. The predicted octanol–water partition coefficient (Wildman–Crippen LogP) is 4.09. The van der Waals surface area contributed by atoms with Gasteiger partial charge in [-0.25, -0.2) is 37.1 Å². The molecule has 49 heavy (non-hydrogen) atoms. The summed E-state index contributed by atoms with van der Waals surface area (Å²) in [6, 6.07) is 9.52. The van der Waals surface area contributed by atoms with Crippen molar-refractivity contribution < 1.29 is 31.9 Å². The first-order chi connectivity index (χ1) is 23.4. The van der Waals surface area contributed by atoms with E-state index in [0.29, 0.717) is 48.2 Å². The number of alkyl halides is 2. The Morgan fingerprint density at radius 3 is 2.51 bits per heavy atom. The summed E-state index contributed by atoms with van der Waals surface area (Å²) in [5.74, 6) is -3.93. The van der Waals surface area contributed by atoms with E-state index in [4.69, 9.17) is 0 Å². The van der Waals surface area contributed by atoms with E-state index in [1.165, 1.54) is 54.2 Å². The first-order valence-corrected chi connectivity index (χ1v) is 17.7. The summed E-state index contributed by atoms with van der Waals surface area (Å²) in [6.07, 6.45) is 6.72. The summed E-state index contributed by atoms with van der Waals surface area (Å²) in [4.78, 5) is 44.0. The number of aromatic nitrogens is 4. The highest BCUT2D eigenvalue weighted by Crippen LogP contribution is 2.32. The largest absolute Gasteiger partial charge is 0.481 e. The van der Waals surface area contributed by atoms with E-state index >= 15 is 0 Å². The second-order valence-electron chi connectivity index (χ2n) is 12.5. The Morgan fingerprint density at radius 1 is 1.02 bits per heavy atom. The van der Waals surface area contributed by atoms with E-state index in [1.54, 1.807) is 23.1 Å². The molecule has 2 aromatic carbocycles. The van der Waals surface area contributed by atoms with E-state index in [-0.39, 0.29) is 55.4 Å². The molecule has 1 aliphatic heterocycles. The molecule has 2 atom stereocenters. The molecule has 0 bridgehead atoms. The molecule has 2 unspecified atom stereocenters. The first kappa shape index (κ1) is 34.2. The van der Waals surface area contributed by atoms with E-state index in [2.05, 4.69) is 25.3 Å². The van der Waals surface area contributed by atoms with Crippen LogP contribution in [-0.2, 0) is 44.9 Å². The zero-order valence-corrected chi connectivity index (χ0v) is 27.7. The van der Waals surface area contributed by atoms with Gasteiger partial charge in [-0.2, -0.15) is 4.31 Å². The maximum atomic E-state index is 14.3. The number of benzene rings is 2. The number of carboxylic acids is 1. The summed E-state index contributed by atoms with van der Waals surface area (Å²) in [7, 11) is -4.17. The molecular weight excluding hydrogens is 656 g/mol. The van der Waals surface area contributed by atoms with Crippen LogP contribution in [0.3, 0.4) is 0 Å². The number of nitrogens with zero attached hydrogens (tertiary/aromatic N) is 6. The number of carboxylic acid groups (broad SMARTS) is 1. The Kier molecular flexibility index (Phi) is 9.84. The number of carbonyl (C=O) groups excluding carboxylic acids is 1. The molecule has 258 valence electrons. The lowest BCUT2D eigenvalue weighted by Crippen LogP contribution is -2.60. The van der Waals surface area contributed by atoms with Crippen LogP contribution in [0.2, 0.25) is 0 Å². The van der Waals surface area contributed by atoms with E-state index in [1.807, 2.05) is 0 Å². The molecule has 3 heterocycles. The van der Waals surface area contributed by atoms with Gasteiger partial charge in [0.15, 0.2) is 5.65 Å². The number of hydrogen-bond acceptors (Lipinski definition) is 9. The van der Waals surface area contributed by atoms with Gasteiger partial charge in [0.05, 0.1) is 17.3 Å². The fourth-order valence-electron chi connectivity index (χ4n) is 6.45. The predicted molar refractivity (Wildman–Crippen MR) is 176 cm³/mol. The minimum atomic E-state index is -4.17. The summed E-state index contributed by atoms with van der Waals surface area (Å²) in [6.45, 7) is 1.58. The van der Waals surface area contributed by atoms with Crippen LogP contribution in [0.1, 0.15) is 54.9 Å². The molecule has 2 aliphatic rings. The average molecular weight is 694 g/mol. The van der Waals surface area contributed by atoms with Gasteiger partial charge in [-0.3, -0.25) is 9.59 Å². The van der Waals surface area contributed by atoms with Crippen molar-refractivity contribution in [2.45, 2.75) is 68.9 Å². The molecule has 0 saturated carbocycles. The third kappa shape index (κ3) is 7.52. The van der Waals surface area contributed by atoms with Crippen molar-refractivity contribution in [1.82, 2.24) is 29.6 Å². The monoisotopic (exact) mass is 693 g/mol. The van der Waals surface area contributed by atoms with Gasteiger partial charge < -0.3 is 15.3 Å². The summed E-state index contributed by atoms with van der Waals surface area (Å²) >= 11 is 0. The zero-order valence-electron chi connectivity index (χ0n) is 26.9. The molecule has 6 rings (SSSR count). The quantitative estimate of drug-likeness (QED) is 0.232. The number of nitrogens with one attached hydrogen (secondary N) is 1. The van der Waals surface area contributed by atoms with Gasteiger partial charge in [-0.1, -0.05) is 37.3 Å². The van der Waals surface area contributed by atoms with Crippen LogP contribution in [0.4, 0.5) is 14.6 Å². The lowest BCUT2D eigenvalue weighted by molar-refractivity contribution is -0.138. The van der Waals surface area contributed by atoms with Crippen molar-refractivity contribution in [2.75, 3.05) is 24.5 Å². The van der Waals surface area contributed by atoms with E-state index < -0.39 is 33.9 Å². The second kappa shape index (κ2) is 14.1. The minimum Gasteiger partial charge on any atom is -0.481 e. The molecular formula is C34H37F2N7O5S. The van der Waals surface area contributed by atoms with Crippen LogP contribution < -0.4 is 10.2 Å². The van der Waals surface area contributed by atoms with Gasteiger partial charge >= 0.3 is 5.97 Å². The van der Waals surface area contributed by atoms with Crippen molar-refractivity contribution in [3.8, 4) is 0 Å². The Morgan fingerprint density at radius 2 is 1.78 bits per heavy atom. The van der Waals surface area contributed by atoms with Crippen LogP contribution in [0.5, 0.6) is 0 Å². The molecule has 0 spiro atoms. The number of rotatable bonds is 10. The van der Waals surface area contributed by atoms with Crippen molar-refractivity contribution in [2.24, 2.45) is 5.92 Å². The summed E-state index contributed by atoms with van der Waals surface area (Å²) < 4.78 is 58.0. The summed E-state index contributed by atoms with van der Waals surface area (Å²) in [5.41, 5.74) is 3.16. The number of aryl methyl sites for hydroxylation is 2. The average Bonchev–Trinajstić information content (AvgIpc) is 3.31. The molecule has 1 saturated heterocycles. The molecule has 0 radical (unpaired) electrons. The molecule has 2 aromatic heterocycles. The summed E-state index contributed by atoms with van der Waals surface area (Å²) in [5, 5.41) is 12.1. The van der Waals surface area contributed by atoms with Crippen LogP contribution in [-0.4, -0.2) is 75.3 Å². The lowest BCUT2D eigenvalue weighted by atomic mass is 9.96. The normalized spacial score (nSPS) is 18.9. The number of sulfonamides is 1. The van der Waals surface area contributed by atoms with Gasteiger partial charge in [-0.05, 0) is 60.4 Å². The maximum absolute atomic E-state index is 14.3. The SMILES string of the molecule is CCC(F)(F)c1ccc(CNC(=O)C2CN(c3cnc4cncnc4n3)CCN2S(=O)(=O)c2ccc3c(c2)CCC(CC(=O)O)CC3)cc1. The molecule has 1 fully saturated rings. The highest BCUT2D eigenvalue weighted by atomic mass is 32.2. The van der Waals surface area contributed by atoms with Gasteiger partial charge in [-0.15, -0.1) is 0 Å². The third-order valence-electron chi connectivity index (χ3n) is 9.35. The molecule has 2 N–H and O–H groups in total. The van der Waals surface area contributed by atoms with Gasteiger partial charge in [0.2, 0.25) is 15.9 Å². The first-order valence-electron chi connectivity index (χ1n) is 16.2. The number of halogens is 2. The number of anilines is 1. The lowest BCUT2D eigenvalue weighted by Gasteiger charge is -2.40. The van der Waals surface area contributed by atoms with Gasteiger partial charge in [0.1, 0.15) is 23.7 Å². The second-order valence-corrected chi connectivity index (χ2v) is 14.4. The fourth-order valence-corrected chi connectivity index (χ4v) is 8.07. The third-order valence-corrected chi connectivity index (χ3v) is 11.3. The maximum Gasteiger partial charge on any atom is 0.303 e. The number of fused-ring (bicyclic) bond motifs is 2. The standard InChI is InChI=1S/C34H37F2N7O5S/c1-2-34(35,36)26-10-5-23(6-11-26)17-39-33(46)29-20-42(30-19-38-28-18-37-21-40-32(28)41-30)13-14-43(29)49(47,48)27-12-9-24-7-3-22(15-31(44)45)4-8-25(24)16-27/h5-6,9-12,16,18-19,21-22,29H,2-4,7-8,13-15,17,20H2,1H3,(H,39,46)(H,44,45). The van der Waals surface area contributed by atoms with Crippen LogP contribution in [0.15, 0.2) is 66.1 Å². The van der Waals surface area contributed by atoms with Crippen LogP contribution in [0.25, 0.3) is 11.2 Å². The van der Waals surface area contributed by atoms with Crippen LogP contribution >= 0.6 is 0 Å².